The summed E-state index contributed by atoms with van der Waals surface area (Å²) in [5, 5.41) is 3.12. The van der Waals surface area contributed by atoms with Crippen molar-refractivity contribution in [1.29, 1.82) is 0 Å². The molecular formula is C18H31N7. The van der Waals surface area contributed by atoms with Crippen LogP contribution in [0.1, 0.15) is 43.1 Å². The van der Waals surface area contributed by atoms with Crippen LogP contribution in [0.3, 0.4) is 0 Å². The van der Waals surface area contributed by atoms with E-state index in [4.69, 9.17) is 23.2 Å². The average Bonchev–Trinajstić information content (AvgIpc) is 3.41. The molecule has 1 heterocycles. The van der Waals surface area contributed by atoms with E-state index in [0.717, 1.165) is 29.8 Å². The van der Waals surface area contributed by atoms with Gasteiger partial charge < -0.3 is 21.5 Å². The number of nitrogens with zero attached hydrogens (tertiary/aromatic N) is 3. The van der Waals surface area contributed by atoms with Gasteiger partial charge in [0.1, 0.15) is 0 Å². The number of hydrogen-bond acceptors (Lipinski definition) is 7. The Morgan fingerprint density at radius 2 is 2.00 bits per heavy atom. The van der Waals surface area contributed by atoms with Crippen LogP contribution in [0.25, 0.3) is 5.70 Å². The Morgan fingerprint density at radius 3 is 2.52 bits per heavy atom. The zero-order chi connectivity index (χ0) is 18.6. The SMILES string of the molecule is CCc1nc(/C(N)=C(\CN(N)/C(=C\N)CC2CC2)N(C)N)ccc1C. The van der Waals surface area contributed by atoms with Crippen molar-refractivity contribution in [1.82, 2.24) is 15.0 Å². The van der Waals surface area contributed by atoms with E-state index < -0.39 is 0 Å². The molecule has 2 rings (SSSR count). The maximum atomic E-state index is 6.38. The van der Waals surface area contributed by atoms with Gasteiger partial charge in [-0.05, 0) is 50.2 Å². The molecule has 7 heteroatoms. The van der Waals surface area contributed by atoms with Crippen LogP contribution < -0.4 is 23.2 Å². The summed E-state index contributed by atoms with van der Waals surface area (Å²) in [6, 6.07) is 3.94. The van der Waals surface area contributed by atoms with Crippen LogP contribution in [-0.4, -0.2) is 28.6 Å². The van der Waals surface area contributed by atoms with Crippen molar-refractivity contribution in [2.75, 3.05) is 13.6 Å². The molecule has 0 radical (unpaired) electrons. The molecule has 1 saturated carbocycles. The van der Waals surface area contributed by atoms with Gasteiger partial charge in [-0.15, -0.1) is 0 Å². The summed E-state index contributed by atoms with van der Waals surface area (Å²) in [5.74, 6) is 12.9. The molecule has 138 valence electrons. The van der Waals surface area contributed by atoms with E-state index in [2.05, 4.69) is 11.9 Å². The molecule has 1 fully saturated rings. The monoisotopic (exact) mass is 345 g/mol. The van der Waals surface area contributed by atoms with E-state index in [1.165, 1.54) is 17.9 Å². The standard InChI is InChI=1S/C18H31N7/c1-4-15-12(2)5-8-16(23-15)18(20)17(24(3)21)11-25(22)14(10-19)9-13-6-7-13/h5,8,10,13H,4,6-7,9,11,19-22H2,1-3H3/b14-10-,18-17-. The predicted octanol–water partition coefficient (Wildman–Crippen LogP) is 1.16. The van der Waals surface area contributed by atoms with Crippen LogP contribution in [0.15, 0.2) is 29.7 Å². The summed E-state index contributed by atoms with van der Waals surface area (Å²) in [5.41, 5.74) is 17.2. The van der Waals surface area contributed by atoms with Crippen LogP contribution in [0.2, 0.25) is 0 Å². The minimum absolute atomic E-state index is 0.367. The zero-order valence-corrected chi connectivity index (χ0v) is 15.5. The molecule has 1 aliphatic carbocycles. The molecule has 1 aromatic heterocycles. The minimum atomic E-state index is 0.367. The lowest BCUT2D eigenvalue weighted by atomic mass is 10.1. The van der Waals surface area contributed by atoms with Crippen molar-refractivity contribution in [3.05, 3.63) is 46.7 Å². The van der Waals surface area contributed by atoms with Gasteiger partial charge in [0.15, 0.2) is 0 Å². The Bertz CT molecular complexity index is 659. The van der Waals surface area contributed by atoms with Crippen LogP contribution >= 0.6 is 0 Å². The van der Waals surface area contributed by atoms with E-state index in [-0.39, 0.29) is 0 Å². The number of nitrogens with two attached hydrogens (primary N) is 4. The predicted molar refractivity (Wildman–Crippen MR) is 102 cm³/mol. The number of hydrogen-bond donors (Lipinski definition) is 4. The quantitative estimate of drug-likeness (QED) is 0.412. The molecule has 0 aromatic carbocycles. The molecule has 0 aliphatic heterocycles. The molecule has 0 bridgehead atoms. The fourth-order valence-electron chi connectivity index (χ4n) is 2.78. The summed E-state index contributed by atoms with van der Waals surface area (Å²) < 4.78 is 0. The van der Waals surface area contributed by atoms with Crippen LogP contribution in [0.4, 0.5) is 0 Å². The first-order valence-corrected chi connectivity index (χ1v) is 8.74. The number of aryl methyl sites for hydroxylation is 2. The third kappa shape index (κ3) is 4.87. The maximum absolute atomic E-state index is 6.38. The van der Waals surface area contributed by atoms with Gasteiger partial charge in [-0.25, -0.2) is 11.7 Å². The second-order valence-electron chi connectivity index (χ2n) is 6.72. The van der Waals surface area contributed by atoms with E-state index in [9.17, 15) is 0 Å². The Labute approximate surface area is 150 Å². The smallest absolute Gasteiger partial charge is 0.0881 e. The Hall–Kier alpha value is -2.25. The fourth-order valence-corrected chi connectivity index (χ4v) is 2.78. The number of rotatable bonds is 8. The third-order valence-electron chi connectivity index (χ3n) is 4.63. The molecular weight excluding hydrogens is 314 g/mol. The summed E-state index contributed by atoms with van der Waals surface area (Å²) in [7, 11) is 1.75. The van der Waals surface area contributed by atoms with E-state index in [1.807, 2.05) is 19.1 Å². The van der Waals surface area contributed by atoms with Crippen molar-refractivity contribution in [2.24, 2.45) is 29.1 Å². The van der Waals surface area contributed by atoms with Gasteiger partial charge in [0, 0.05) is 24.6 Å². The summed E-state index contributed by atoms with van der Waals surface area (Å²) >= 11 is 0. The molecule has 1 aromatic rings. The molecule has 0 unspecified atom stereocenters. The largest absolute Gasteiger partial charge is 0.403 e. The third-order valence-corrected chi connectivity index (χ3v) is 4.63. The van der Waals surface area contributed by atoms with Gasteiger partial charge in [0.2, 0.25) is 0 Å². The van der Waals surface area contributed by atoms with Gasteiger partial charge in [0.05, 0.1) is 23.6 Å². The van der Waals surface area contributed by atoms with Gasteiger partial charge in [-0.3, -0.25) is 4.98 Å². The average molecular weight is 345 g/mol. The lowest BCUT2D eigenvalue weighted by molar-refractivity contribution is 0.316. The molecule has 25 heavy (non-hydrogen) atoms. The van der Waals surface area contributed by atoms with Crippen molar-refractivity contribution >= 4 is 5.70 Å². The second-order valence-corrected chi connectivity index (χ2v) is 6.72. The molecule has 7 nitrogen and oxygen atoms in total. The lowest BCUT2D eigenvalue weighted by Gasteiger charge is -2.27. The number of likely N-dealkylation sites (N-methyl/N-ethyl adjacent to an activating group) is 1. The summed E-state index contributed by atoms with van der Waals surface area (Å²) in [4.78, 5) is 4.66. The summed E-state index contributed by atoms with van der Waals surface area (Å²) in [6.45, 7) is 4.49. The number of allylic oxidation sites excluding steroid dienone is 1. The van der Waals surface area contributed by atoms with E-state index >= 15 is 0 Å². The molecule has 0 spiro atoms. The highest BCUT2D eigenvalue weighted by molar-refractivity contribution is 5.63. The van der Waals surface area contributed by atoms with E-state index in [0.29, 0.717) is 29.6 Å². The highest BCUT2D eigenvalue weighted by Crippen LogP contribution is 2.35. The summed E-state index contributed by atoms with van der Waals surface area (Å²) in [6.07, 6.45) is 5.78. The molecule has 0 amide bonds. The van der Waals surface area contributed by atoms with Crippen molar-refractivity contribution < 1.29 is 0 Å². The lowest BCUT2D eigenvalue weighted by Crippen LogP contribution is -2.40. The van der Waals surface area contributed by atoms with Crippen molar-refractivity contribution in [2.45, 2.75) is 39.5 Å². The van der Waals surface area contributed by atoms with Crippen LogP contribution in [-0.2, 0) is 6.42 Å². The van der Waals surface area contributed by atoms with E-state index in [1.54, 1.807) is 18.3 Å². The van der Waals surface area contributed by atoms with Gasteiger partial charge in [0.25, 0.3) is 0 Å². The van der Waals surface area contributed by atoms with Gasteiger partial charge in [-0.2, -0.15) is 0 Å². The highest BCUT2D eigenvalue weighted by atomic mass is 15.5. The van der Waals surface area contributed by atoms with Gasteiger partial charge in [-0.1, -0.05) is 13.0 Å². The first-order chi connectivity index (χ1) is 11.9. The normalized spacial score (nSPS) is 15.8. The number of hydrazine groups is 2. The minimum Gasteiger partial charge on any atom is -0.403 e. The Kier molecular flexibility index (Phi) is 6.27. The maximum Gasteiger partial charge on any atom is 0.0881 e. The molecule has 8 N–H and O–H groups in total. The highest BCUT2D eigenvalue weighted by Gasteiger charge is 2.25. The molecule has 0 atom stereocenters. The Morgan fingerprint density at radius 1 is 1.32 bits per heavy atom. The Balaban J connectivity index is 2.26. The fraction of sp³-hybridized carbons (Fsp3) is 0.500. The second kappa shape index (κ2) is 8.22. The van der Waals surface area contributed by atoms with Crippen LogP contribution in [0, 0.1) is 12.8 Å². The van der Waals surface area contributed by atoms with Crippen molar-refractivity contribution in [3.8, 4) is 0 Å². The first kappa shape index (κ1) is 19.1. The number of aromatic nitrogens is 1. The van der Waals surface area contributed by atoms with Crippen LogP contribution in [0.5, 0.6) is 0 Å². The topological polar surface area (TPSA) is 123 Å². The molecule has 1 aliphatic rings. The first-order valence-electron chi connectivity index (χ1n) is 8.74. The zero-order valence-electron chi connectivity index (χ0n) is 15.5. The molecule has 0 saturated heterocycles. The van der Waals surface area contributed by atoms with Gasteiger partial charge >= 0.3 is 0 Å². The number of pyridine rings is 1. The van der Waals surface area contributed by atoms with Crippen molar-refractivity contribution in [3.63, 3.8) is 0 Å².